The number of nitrogens with one attached hydrogen (secondary N) is 1. The Bertz CT molecular complexity index is 1310. The van der Waals surface area contributed by atoms with Gasteiger partial charge in [-0.1, -0.05) is 28.9 Å². The topological polar surface area (TPSA) is 90.5 Å². The fraction of sp³-hybridized carbons (Fsp3) is 0.250. The fourth-order valence-electron chi connectivity index (χ4n) is 3.43. The molecule has 4 aromatic rings. The van der Waals surface area contributed by atoms with Crippen LogP contribution >= 0.6 is 11.6 Å². The van der Waals surface area contributed by atoms with E-state index in [1.165, 1.54) is 16.9 Å². The molecule has 32 heavy (non-hydrogen) atoms. The Morgan fingerprint density at radius 2 is 1.97 bits per heavy atom. The van der Waals surface area contributed by atoms with Crippen molar-refractivity contribution in [3.05, 3.63) is 59.0 Å². The standard InChI is InChI=1S/C20H15ClF3N7O/c21-17-18(11-5-6-11)31(28-19(17)20(22,23)24)15-8-7-12(9-25-15)26-16(32)10-30-14-4-2-1-3-13(14)27-29-30/h1-4,7-9,11H,5-6,10H2,(H,26,32). The number of amides is 1. The predicted molar refractivity (Wildman–Crippen MR) is 110 cm³/mol. The van der Waals surface area contributed by atoms with E-state index in [9.17, 15) is 18.0 Å². The van der Waals surface area contributed by atoms with Crippen LogP contribution in [-0.2, 0) is 17.5 Å². The van der Waals surface area contributed by atoms with E-state index in [2.05, 4.69) is 25.7 Å². The van der Waals surface area contributed by atoms with Gasteiger partial charge < -0.3 is 5.32 Å². The summed E-state index contributed by atoms with van der Waals surface area (Å²) in [7, 11) is 0. The molecule has 1 amide bonds. The predicted octanol–water partition coefficient (Wildman–Crippen LogP) is 4.20. The van der Waals surface area contributed by atoms with Gasteiger partial charge in [-0.25, -0.2) is 14.3 Å². The summed E-state index contributed by atoms with van der Waals surface area (Å²) in [5, 5.41) is 13.9. The number of pyridine rings is 1. The maximum Gasteiger partial charge on any atom is 0.436 e. The molecule has 1 aromatic carbocycles. The first-order valence-electron chi connectivity index (χ1n) is 9.71. The van der Waals surface area contributed by atoms with Gasteiger partial charge in [-0.05, 0) is 37.1 Å². The van der Waals surface area contributed by atoms with Crippen LogP contribution in [0.15, 0.2) is 42.6 Å². The minimum Gasteiger partial charge on any atom is -0.323 e. The Balaban J connectivity index is 1.35. The number of alkyl halides is 3. The van der Waals surface area contributed by atoms with E-state index in [-0.39, 0.29) is 29.2 Å². The molecule has 1 aliphatic carbocycles. The molecule has 0 saturated heterocycles. The summed E-state index contributed by atoms with van der Waals surface area (Å²) in [5.74, 6) is -0.246. The summed E-state index contributed by atoms with van der Waals surface area (Å²) in [6.45, 7) is -0.0577. The highest BCUT2D eigenvalue weighted by Gasteiger charge is 2.42. The van der Waals surface area contributed by atoms with Gasteiger partial charge in [0.15, 0.2) is 11.5 Å². The summed E-state index contributed by atoms with van der Waals surface area (Å²) >= 11 is 6.01. The fourth-order valence-corrected chi connectivity index (χ4v) is 3.81. The van der Waals surface area contributed by atoms with E-state index in [0.29, 0.717) is 16.9 Å². The second-order valence-electron chi connectivity index (χ2n) is 7.42. The number of carbonyl (C=O) groups is 1. The maximum absolute atomic E-state index is 13.3. The number of para-hydroxylation sites is 1. The van der Waals surface area contributed by atoms with E-state index >= 15 is 0 Å². The van der Waals surface area contributed by atoms with Crippen molar-refractivity contribution in [1.29, 1.82) is 0 Å². The summed E-state index contributed by atoms with van der Waals surface area (Å²) in [5.41, 5.74) is 0.959. The molecule has 1 aliphatic rings. The number of anilines is 1. The minimum absolute atomic E-state index is 0.0577. The van der Waals surface area contributed by atoms with Gasteiger partial charge in [-0.2, -0.15) is 18.3 Å². The first-order chi connectivity index (χ1) is 15.3. The van der Waals surface area contributed by atoms with Crippen LogP contribution in [0.3, 0.4) is 0 Å². The average Bonchev–Trinajstić information content (AvgIpc) is 3.41. The first-order valence-corrected chi connectivity index (χ1v) is 10.1. The van der Waals surface area contributed by atoms with Crippen LogP contribution in [0.1, 0.15) is 30.1 Å². The monoisotopic (exact) mass is 461 g/mol. The van der Waals surface area contributed by atoms with Crippen LogP contribution in [0.25, 0.3) is 16.9 Å². The highest BCUT2D eigenvalue weighted by Crippen LogP contribution is 2.47. The molecule has 0 aliphatic heterocycles. The van der Waals surface area contributed by atoms with Crippen molar-refractivity contribution in [2.24, 2.45) is 0 Å². The molecule has 0 radical (unpaired) electrons. The summed E-state index contributed by atoms with van der Waals surface area (Å²) < 4.78 is 42.4. The van der Waals surface area contributed by atoms with E-state index in [0.717, 1.165) is 23.0 Å². The average molecular weight is 462 g/mol. The Labute approximate surface area is 184 Å². The lowest BCUT2D eigenvalue weighted by atomic mass is 10.2. The van der Waals surface area contributed by atoms with E-state index < -0.39 is 11.9 Å². The van der Waals surface area contributed by atoms with Crippen molar-refractivity contribution in [3.8, 4) is 5.82 Å². The number of fused-ring (bicyclic) bond motifs is 1. The number of hydrogen-bond acceptors (Lipinski definition) is 5. The van der Waals surface area contributed by atoms with Gasteiger partial charge in [0.2, 0.25) is 5.91 Å². The van der Waals surface area contributed by atoms with Gasteiger partial charge in [0.05, 0.1) is 28.1 Å². The molecule has 1 fully saturated rings. The van der Waals surface area contributed by atoms with Gasteiger partial charge in [-0.15, -0.1) is 5.10 Å². The lowest BCUT2D eigenvalue weighted by molar-refractivity contribution is -0.141. The lowest BCUT2D eigenvalue weighted by Gasteiger charge is -2.08. The van der Waals surface area contributed by atoms with Crippen LogP contribution in [0.5, 0.6) is 0 Å². The highest BCUT2D eigenvalue weighted by atomic mass is 35.5. The van der Waals surface area contributed by atoms with Crippen molar-refractivity contribution in [3.63, 3.8) is 0 Å². The number of nitrogens with zero attached hydrogens (tertiary/aromatic N) is 6. The quantitative estimate of drug-likeness (QED) is 0.481. The van der Waals surface area contributed by atoms with Crippen molar-refractivity contribution >= 4 is 34.2 Å². The van der Waals surface area contributed by atoms with Crippen molar-refractivity contribution < 1.29 is 18.0 Å². The second-order valence-corrected chi connectivity index (χ2v) is 7.80. The number of halogens is 4. The van der Waals surface area contributed by atoms with Crippen molar-refractivity contribution in [1.82, 2.24) is 29.8 Å². The molecule has 3 aromatic heterocycles. The molecule has 0 unspecified atom stereocenters. The molecule has 3 heterocycles. The van der Waals surface area contributed by atoms with E-state index in [1.54, 1.807) is 18.2 Å². The Morgan fingerprint density at radius 1 is 1.19 bits per heavy atom. The number of carbonyl (C=O) groups excluding carboxylic acids is 1. The third-order valence-corrected chi connectivity index (χ3v) is 5.43. The third-order valence-electron chi connectivity index (χ3n) is 5.06. The van der Waals surface area contributed by atoms with Crippen LogP contribution in [-0.4, -0.2) is 35.7 Å². The zero-order valence-corrected chi connectivity index (χ0v) is 17.1. The lowest BCUT2D eigenvalue weighted by Crippen LogP contribution is -2.19. The van der Waals surface area contributed by atoms with Gasteiger partial charge in [-0.3, -0.25) is 4.79 Å². The Morgan fingerprint density at radius 3 is 2.66 bits per heavy atom. The van der Waals surface area contributed by atoms with Gasteiger partial charge in [0.1, 0.15) is 12.1 Å². The molecule has 0 bridgehead atoms. The summed E-state index contributed by atoms with van der Waals surface area (Å²) in [6, 6.07) is 10.3. The van der Waals surface area contributed by atoms with Crippen LogP contribution < -0.4 is 5.32 Å². The zero-order chi connectivity index (χ0) is 22.5. The Hall–Kier alpha value is -3.47. The molecule has 12 heteroatoms. The third kappa shape index (κ3) is 3.79. The number of hydrogen-bond donors (Lipinski definition) is 1. The smallest absolute Gasteiger partial charge is 0.323 e. The van der Waals surface area contributed by atoms with Gasteiger partial charge in [0.25, 0.3) is 0 Å². The maximum atomic E-state index is 13.3. The van der Waals surface area contributed by atoms with Crippen LogP contribution in [0.2, 0.25) is 5.02 Å². The van der Waals surface area contributed by atoms with Crippen molar-refractivity contribution in [2.45, 2.75) is 31.5 Å². The van der Waals surface area contributed by atoms with E-state index in [4.69, 9.17) is 11.6 Å². The van der Waals surface area contributed by atoms with Crippen molar-refractivity contribution in [2.75, 3.05) is 5.32 Å². The molecule has 5 rings (SSSR count). The molecule has 0 spiro atoms. The van der Waals surface area contributed by atoms with E-state index in [1.807, 2.05) is 12.1 Å². The molecule has 164 valence electrons. The molecular weight excluding hydrogens is 447 g/mol. The zero-order valence-electron chi connectivity index (χ0n) is 16.3. The summed E-state index contributed by atoms with van der Waals surface area (Å²) in [6.07, 6.45) is -1.82. The highest BCUT2D eigenvalue weighted by molar-refractivity contribution is 6.32. The largest absolute Gasteiger partial charge is 0.436 e. The number of aromatic nitrogens is 6. The first kappa shape index (κ1) is 20.4. The SMILES string of the molecule is O=C(Cn1nnc2ccccc21)Nc1ccc(-n2nc(C(F)(F)F)c(Cl)c2C2CC2)nc1. The molecule has 1 saturated carbocycles. The van der Waals surface area contributed by atoms with Crippen LogP contribution in [0.4, 0.5) is 18.9 Å². The van der Waals surface area contributed by atoms with Gasteiger partial charge >= 0.3 is 6.18 Å². The molecule has 8 nitrogen and oxygen atoms in total. The number of benzene rings is 1. The Kier molecular flexibility index (Phi) is 4.85. The molecular formula is C20H15ClF3N7O. The summed E-state index contributed by atoms with van der Waals surface area (Å²) in [4.78, 5) is 16.6. The molecule has 1 N–H and O–H groups in total. The second kappa shape index (κ2) is 7.59. The van der Waals surface area contributed by atoms with Crippen LogP contribution in [0, 0.1) is 0 Å². The van der Waals surface area contributed by atoms with Gasteiger partial charge in [0, 0.05) is 5.92 Å². The minimum atomic E-state index is -4.66. The molecule has 0 atom stereocenters. The normalized spacial score (nSPS) is 14.1. The number of rotatable bonds is 5.